The maximum Gasteiger partial charge on any atom is 0.277 e. The molecule has 20 heavy (non-hydrogen) atoms. The molecule has 1 aliphatic carbocycles. The fourth-order valence-corrected chi connectivity index (χ4v) is 2.73. The second-order valence-corrected chi connectivity index (χ2v) is 5.27. The zero-order valence-electron chi connectivity index (χ0n) is 11.2. The topological polar surface area (TPSA) is 63.1 Å². The van der Waals surface area contributed by atoms with Crippen LogP contribution < -0.4 is 5.56 Å². The maximum atomic E-state index is 12.4. The average Bonchev–Trinajstić information content (AvgIpc) is 3.06. The van der Waals surface area contributed by atoms with Gasteiger partial charge in [-0.15, -0.1) is 0 Å². The maximum absolute atomic E-state index is 12.4. The van der Waals surface area contributed by atoms with Crippen LogP contribution in [0.15, 0.2) is 29.1 Å². The Labute approximate surface area is 115 Å². The SMILES string of the molecule is Cc1ccc(-c2nc3nc4c(c(=O)n3[nH]2)CCC4)cc1. The van der Waals surface area contributed by atoms with Crippen LogP contribution in [0, 0.1) is 6.92 Å². The van der Waals surface area contributed by atoms with E-state index in [0.29, 0.717) is 11.6 Å². The van der Waals surface area contributed by atoms with E-state index in [-0.39, 0.29) is 5.56 Å². The molecule has 0 unspecified atom stereocenters. The Morgan fingerprint density at radius 3 is 2.75 bits per heavy atom. The van der Waals surface area contributed by atoms with Crippen molar-refractivity contribution in [2.75, 3.05) is 0 Å². The van der Waals surface area contributed by atoms with Gasteiger partial charge < -0.3 is 0 Å². The molecular formula is C15H14N4O. The monoisotopic (exact) mass is 266 g/mol. The summed E-state index contributed by atoms with van der Waals surface area (Å²) in [6.45, 7) is 2.04. The summed E-state index contributed by atoms with van der Waals surface area (Å²) in [5.74, 6) is 1.14. The molecular weight excluding hydrogens is 252 g/mol. The Morgan fingerprint density at radius 2 is 1.95 bits per heavy atom. The first-order chi connectivity index (χ1) is 9.72. The fourth-order valence-electron chi connectivity index (χ4n) is 2.73. The van der Waals surface area contributed by atoms with Gasteiger partial charge in [0, 0.05) is 11.1 Å². The van der Waals surface area contributed by atoms with Crippen molar-refractivity contribution < 1.29 is 0 Å². The predicted molar refractivity (Wildman–Crippen MR) is 75.8 cm³/mol. The second-order valence-electron chi connectivity index (χ2n) is 5.27. The highest BCUT2D eigenvalue weighted by Crippen LogP contribution is 2.19. The highest BCUT2D eigenvalue weighted by atomic mass is 16.1. The van der Waals surface area contributed by atoms with Crippen LogP contribution in [0.1, 0.15) is 23.2 Å². The van der Waals surface area contributed by atoms with Crippen molar-refractivity contribution in [3.8, 4) is 11.4 Å². The van der Waals surface area contributed by atoms with E-state index in [0.717, 1.165) is 36.1 Å². The van der Waals surface area contributed by atoms with Crippen molar-refractivity contribution in [2.24, 2.45) is 0 Å². The van der Waals surface area contributed by atoms with E-state index in [2.05, 4.69) is 15.1 Å². The molecule has 5 heteroatoms. The first-order valence-corrected chi connectivity index (χ1v) is 6.80. The quantitative estimate of drug-likeness (QED) is 0.731. The molecule has 0 saturated heterocycles. The van der Waals surface area contributed by atoms with Gasteiger partial charge in [0.2, 0.25) is 0 Å². The minimum atomic E-state index is -0.00615. The third kappa shape index (κ3) is 1.59. The third-order valence-electron chi connectivity index (χ3n) is 3.84. The zero-order chi connectivity index (χ0) is 13.7. The van der Waals surface area contributed by atoms with E-state index in [4.69, 9.17) is 0 Å². The summed E-state index contributed by atoms with van der Waals surface area (Å²) in [5.41, 5.74) is 3.90. The molecule has 1 aromatic carbocycles. The Kier molecular flexibility index (Phi) is 2.30. The van der Waals surface area contributed by atoms with Crippen molar-refractivity contribution in [3.05, 3.63) is 51.4 Å². The van der Waals surface area contributed by atoms with Crippen LogP contribution in [0.4, 0.5) is 0 Å². The first kappa shape index (κ1) is 11.4. The highest BCUT2D eigenvalue weighted by Gasteiger charge is 2.19. The van der Waals surface area contributed by atoms with Crippen LogP contribution in [0.25, 0.3) is 17.2 Å². The lowest BCUT2D eigenvalue weighted by atomic mass is 10.1. The molecule has 0 bridgehead atoms. The summed E-state index contributed by atoms with van der Waals surface area (Å²) in [7, 11) is 0. The molecule has 2 heterocycles. The van der Waals surface area contributed by atoms with Crippen molar-refractivity contribution >= 4 is 5.78 Å². The van der Waals surface area contributed by atoms with Crippen LogP contribution in [0.3, 0.4) is 0 Å². The van der Waals surface area contributed by atoms with Crippen molar-refractivity contribution in [1.82, 2.24) is 19.6 Å². The minimum absolute atomic E-state index is 0.00615. The Hall–Kier alpha value is -2.43. The molecule has 3 aromatic rings. The number of rotatable bonds is 1. The van der Waals surface area contributed by atoms with Gasteiger partial charge in [-0.2, -0.15) is 9.50 Å². The largest absolute Gasteiger partial charge is 0.277 e. The van der Waals surface area contributed by atoms with Gasteiger partial charge in [-0.25, -0.2) is 4.98 Å². The summed E-state index contributed by atoms with van der Waals surface area (Å²) in [4.78, 5) is 21.3. The number of nitrogens with one attached hydrogen (secondary N) is 1. The molecule has 0 spiro atoms. The van der Waals surface area contributed by atoms with E-state index in [1.807, 2.05) is 31.2 Å². The highest BCUT2D eigenvalue weighted by molar-refractivity contribution is 5.57. The smallest absolute Gasteiger partial charge is 0.271 e. The number of benzene rings is 1. The van der Waals surface area contributed by atoms with E-state index < -0.39 is 0 Å². The Bertz CT molecular complexity index is 858. The summed E-state index contributed by atoms with van der Waals surface area (Å²) in [5, 5.41) is 3.06. The minimum Gasteiger partial charge on any atom is -0.271 e. The van der Waals surface area contributed by atoms with Crippen molar-refractivity contribution in [2.45, 2.75) is 26.2 Å². The van der Waals surface area contributed by atoms with E-state index in [9.17, 15) is 4.79 Å². The molecule has 4 rings (SSSR count). The van der Waals surface area contributed by atoms with Crippen LogP contribution >= 0.6 is 0 Å². The number of aryl methyl sites for hydroxylation is 2. The lowest BCUT2D eigenvalue weighted by molar-refractivity contribution is 0.872. The molecule has 0 aliphatic heterocycles. The van der Waals surface area contributed by atoms with Crippen LogP contribution in [0.5, 0.6) is 0 Å². The van der Waals surface area contributed by atoms with Crippen LogP contribution in [0.2, 0.25) is 0 Å². The molecule has 0 fully saturated rings. The van der Waals surface area contributed by atoms with Gasteiger partial charge in [-0.05, 0) is 26.2 Å². The molecule has 0 radical (unpaired) electrons. The van der Waals surface area contributed by atoms with Crippen LogP contribution in [-0.4, -0.2) is 19.6 Å². The molecule has 1 aliphatic rings. The number of aromatic nitrogens is 4. The summed E-state index contributed by atoms with van der Waals surface area (Å²) >= 11 is 0. The zero-order valence-corrected chi connectivity index (χ0v) is 11.2. The number of hydrogen-bond acceptors (Lipinski definition) is 3. The van der Waals surface area contributed by atoms with Crippen molar-refractivity contribution in [3.63, 3.8) is 0 Å². The van der Waals surface area contributed by atoms with Crippen LogP contribution in [-0.2, 0) is 12.8 Å². The summed E-state index contributed by atoms with van der Waals surface area (Å²) in [6.07, 6.45) is 2.71. The number of nitrogens with zero attached hydrogens (tertiary/aromatic N) is 3. The van der Waals surface area contributed by atoms with Gasteiger partial charge in [-0.1, -0.05) is 29.8 Å². The van der Waals surface area contributed by atoms with Gasteiger partial charge in [0.05, 0.1) is 5.69 Å². The van der Waals surface area contributed by atoms with E-state index >= 15 is 0 Å². The normalized spacial score (nSPS) is 13.8. The van der Waals surface area contributed by atoms with E-state index in [1.165, 1.54) is 10.1 Å². The molecule has 0 amide bonds. The lowest BCUT2D eigenvalue weighted by Crippen LogP contribution is -2.20. The number of H-pyrrole nitrogens is 1. The van der Waals surface area contributed by atoms with Gasteiger partial charge in [0.1, 0.15) is 0 Å². The van der Waals surface area contributed by atoms with Gasteiger partial charge in [-0.3, -0.25) is 9.89 Å². The molecule has 0 saturated carbocycles. The molecule has 0 atom stereocenters. The Morgan fingerprint density at radius 1 is 1.15 bits per heavy atom. The fraction of sp³-hybridized carbons (Fsp3) is 0.267. The third-order valence-corrected chi connectivity index (χ3v) is 3.84. The van der Waals surface area contributed by atoms with Crippen molar-refractivity contribution in [1.29, 1.82) is 0 Å². The molecule has 2 aromatic heterocycles. The standard InChI is InChI=1S/C15H14N4O/c1-9-5-7-10(8-6-9)13-17-15-16-12-4-2-3-11(12)14(20)19(15)18-13/h5-8H,2-4H2,1H3,(H,16,17,18). The second kappa shape index (κ2) is 4.03. The molecule has 1 N–H and O–H groups in total. The number of hydrogen-bond donors (Lipinski definition) is 1. The summed E-state index contributed by atoms with van der Waals surface area (Å²) in [6, 6.07) is 8.04. The average molecular weight is 266 g/mol. The van der Waals surface area contributed by atoms with Gasteiger partial charge in [0.25, 0.3) is 11.3 Å². The first-order valence-electron chi connectivity index (χ1n) is 6.80. The Balaban J connectivity index is 1.94. The predicted octanol–water partition coefficient (Wildman–Crippen LogP) is 1.88. The molecule has 5 nitrogen and oxygen atoms in total. The number of fused-ring (bicyclic) bond motifs is 2. The van der Waals surface area contributed by atoms with Gasteiger partial charge in [0.15, 0.2) is 5.82 Å². The lowest BCUT2D eigenvalue weighted by Gasteiger charge is -1.97. The van der Waals surface area contributed by atoms with Gasteiger partial charge >= 0.3 is 0 Å². The number of aromatic amines is 1. The molecule has 100 valence electrons. The van der Waals surface area contributed by atoms with E-state index in [1.54, 1.807) is 0 Å². The summed E-state index contributed by atoms with van der Waals surface area (Å²) < 4.78 is 1.46.